The molecule has 3 aromatic carbocycles. The molecule has 6 nitrogen and oxygen atoms in total. The Hall–Kier alpha value is -3.97. The number of para-hydroxylation sites is 1. The summed E-state index contributed by atoms with van der Waals surface area (Å²) in [5.74, 6) is -0.292. The first kappa shape index (κ1) is 21.9. The highest BCUT2D eigenvalue weighted by atomic mass is 32.2. The standard InChI is InChI=1S/C27H22N4O2S/c1-17-11-13-18(14-12-17)23(32)15-24-26(33)30-27(34-24)31-28-16-21-20-9-5-6-10-22(20)29-25(21)19-7-3-2-4-8-19/h2-14,16,24,29H,15H2,1H3,(H,30,31,33)/b28-16+. The zero-order valence-electron chi connectivity index (χ0n) is 18.5. The van der Waals surface area contributed by atoms with Crippen molar-refractivity contribution in [2.75, 3.05) is 0 Å². The van der Waals surface area contributed by atoms with E-state index in [2.05, 4.69) is 20.5 Å². The summed E-state index contributed by atoms with van der Waals surface area (Å²) < 4.78 is 0. The van der Waals surface area contributed by atoms with Crippen molar-refractivity contribution in [1.29, 1.82) is 0 Å². The first-order valence-corrected chi connectivity index (χ1v) is 11.8. The second-order valence-electron chi connectivity index (χ2n) is 8.06. The highest BCUT2D eigenvalue weighted by Crippen LogP contribution is 2.29. The number of thioether (sulfide) groups is 1. The van der Waals surface area contributed by atoms with E-state index in [-0.39, 0.29) is 18.1 Å². The topological polar surface area (TPSA) is 86.7 Å². The molecule has 168 valence electrons. The molecule has 1 aliphatic rings. The number of H-pyrrole nitrogens is 1. The van der Waals surface area contributed by atoms with Gasteiger partial charge in [0.25, 0.3) is 0 Å². The molecule has 2 N–H and O–H groups in total. The summed E-state index contributed by atoms with van der Waals surface area (Å²) in [5, 5.41) is 12.1. The number of benzene rings is 3. The van der Waals surface area contributed by atoms with Gasteiger partial charge in [-0.25, -0.2) is 0 Å². The molecule has 1 atom stereocenters. The van der Waals surface area contributed by atoms with Crippen LogP contribution in [0.5, 0.6) is 0 Å². The van der Waals surface area contributed by atoms with Crippen LogP contribution in [0.15, 0.2) is 89.1 Å². The van der Waals surface area contributed by atoms with Crippen molar-refractivity contribution in [3.8, 4) is 11.3 Å². The molecule has 0 radical (unpaired) electrons. The Bertz CT molecular complexity index is 1420. The third-order valence-corrected chi connectivity index (χ3v) is 6.74. The molecule has 2 heterocycles. The number of nitrogens with zero attached hydrogens (tertiary/aromatic N) is 2. The number of ketones is 1. The number of hydrogen-bond acceptors (Lipinski definition) is 5. The summed E-state index contributed by atoms with van der Waals surface area (Å²) in [6.45, 7) is 1.97. The lowest BCUT2D eigenvalue weighted by Crippen LogP contribution is -2.26. The fourth-order valence-electron chi connectivity index (χ4n) is 3.88. The monoisotopic (exact) mass is 466 g/mol. The number of amides is 1. The Morgan fingerprint density at radius 3 is 2.53 bits per heavy atom. The number of carbonyl (C=O) groups is 2. The number of Topliss-reactive ketones (excluding diaryl/α,β-unsaturated/α-hetero) is 1. The molecular formula is C27H22N4O2S. The van der Waals surface area contributed by atoms with E-state index in [9.17, 15) is 9.59 Å². The third kappa shape index (κ3) is 4.56. The molecule has 0 bridgehead atoms. The molecule has 1 aliphatic heterocycles. The number of amidine groups is 1. The SMILES string of the molecule is Cc1ccc(C(=O)CC2S/C(=N/N=C/c3c(-c4ccccc4)[nH]c4ccccc34)NC2=O)cc1. The minimum absolute atomic E-state index is 0.0660. The number of aryl methyl sites for hydroxylation is 1. The zero-order valence-corrected chi connectivity index (χ0v) is 19.3. The molecule has 4 aromatic rings. The van der Waals surface area contributed by atoms with E-state index in [0.717, 1.165) is 33.3 Å². The van der Waals surface area contributed by atoms with Crippen molar-refractivity contribution in [3.63, 3.8) is 0 Å². The summed E-state index contributed by atoms with van der Waals surface area (Å²) in [6, 6.07) is 25.4. The predicted octanol–water partition coefficient (Wildman–Crippen LogP) is 5.34. The van der Waals surface area contributed by atoms with Gasteiger partial charge >= 0.3 is 0 Å². The summed E-state index contributed by atoms with van der Waals surface area (Å²) in [7, 11) is 0. The molecular weight excluding hydrogens is 444 g/mol. The van der Waals surface area contributed by atoms with Gasteiger partial charge in [0.05, 0.1) is 17.2 Å². The van der Waals surface area contributed by atoms with Gasteiger partial charge in [-0.2, -0.15) is 5.10 Å². The molecule has 1 saturated heterocycles. The molecule has 7 heteroatoms. The smallest absolute Gasteiger partial charge is 0.240 e. The summed E-state index contributed by atoms with van der Waals surface area (Å²) in [5.41, 5.74) is 5.62. The van der Waals surface area contributed by atoms with E-state index in [4.69, 9.17) is 0 Å². The van der Waals surface area contributed by atoms with Crippen molar-refractivity contribution in [2.45, 2.75) is 18.6 Å². The minimum atomic E-state index is -0.518. The number of aromatic amines is 1. The van der Waals surface area contributed by atoms with Gasteiger partial charge < -0.3 is 10.3 Å². The van der Waals surface area contributed by atoms with E-state index in [1.807, 2.05) is 73.7 Å². The van der Waals surface area contributed by atoms with Crippen LogP contribution in [0.1, 0.15) is 27.9 Å². The fourth-order valence-corrected chi connectivity index (χ4v) is 4.81. The Balaban J connectivity index is 1.34. The second kappa shape index (κ2) is 9.49. The van der Waals surface area contributed by atoms with Crippen LogP contribution >= 0.6 is 11.8 Å². The van der Waals surface area contributed by atoms with Crippen LogP contribution in [0.2, 0.25) is 0 Å². The molecule has 5 rings (SSSR count). The lowest BCUT2D eigenvalue weighted by Gasteiger charge is -2.04. The van der Waals surface area contributed by atoms with Gasteiger partial charge in [-0.05, 0) is 18.6 Å². The molecule has 0 spiro atoms. The molecule has 1 unspecified atom stereocenters. The van der Waals surface area contributed by atoms with Crippen molar-refractivity contribution in [2.24, 2.45) is 10.2 Å². The van der Waals surface area contributed by atoms with Crippen LogP contribution in [0.3, 0.4) is 0 Å². The van der Waals surface area contributed by atoms with Gasteiger partial charge in [0, 0.05) is 28.5 Å². The number of fused-ring (bicyclic) bond motifs is 1. The fraction of sp³-hybridized carbons (Fsp3) is 0.111. The summed E-state index contributed by atoms with van der Waals surface area (Å²) in [4.78, 5) is 28.4. The lowest BCUT2D eigenvalue weighted by atomic mass is 10.0. The van der Waals surface area contributed by atoms with Crippen molar-refractivity contribution < 1.29 is 9.59 Å². The van der Waals surface area contributed by atoms with Crippen molar-refractivity contribution >= 4 is 45.7 Å². The molecule has 1 aromatic heterocycles. The first-order chi connectivity index (χ1) is 16.6. The normalized spacial score (nSPS) is 17.0. The number of hydrogen-bond donors (Lipinski definition) is 2. The van der Waals surface area contributed by atoms with E-state index in [0.29, 0.717) is 10.7 Å². The first-order valence-electron chi connectivity index (χ1n) is 10.9. The van der Waals surface area contributed by atoms with Crippen LogP contribution in [-0.4, -0.2) is 33.3 Å². The maximum atomic E-state index is 12.6. The van der Waals surface area contributed by atoms with Crippen molar-refractivity contribution in [1.82, 2.24) is 10.3 Å². The van der Waals surface area contributed by atoms with Crippen LogP contribution in [-0.2, 0) is 4.79 Å². The van der Waals surface area contributed by atoms with Crippen LogP contribution in [0.4, 0.5) is 0 Å². The highest BCUT2D eigenvalue weighted by Gasteiger charge is 2.32. The largest absolute Gasteiger partial charge is 0.354 e. The molecule has 34 heavy (non-hydrogen) atoms. The third-order valence-electron chi connectivity index (χ3n) is 5.66. The molecule has 0 aliphatic carbocycles. The lowest BCUT2D eigenvalue weighted by molar-refractivity contribution is -0.118. The van der Waals surface area contributed by atoms with E-state index >= 15 is 0 Å². The highest BCUT2D eigenvalue weighted by molar-refractivity contribution is 8.15. The second-order valence-corrected chi connectivity index (χ2v) is 9.26. The summed E-state index contributed by atoms with van der Waals surface area (Å²) >= 11 is 1.23. The maximum Gasteiger partial charge on any atom is 0.240 e. The number of rotatable bonds is 6. The van der Waals surface area contributed by atoms with Gasteiger partial charge in [0.15, 0.2) is 11.0 Å². The Kier molecular flexibility index (Phi) is 6.10. The molecule has 0 saturated carbocycles. The van der Waals surface area contributed by atoms with Gasteiger partial charge in [-0.15, -0.1) is 5.10 Å². The maximum absolute atomic E-state index is 12.6. The minimum Gasteiger partial charge on any atom is -0.354 e. The predicted molar refractivity (Wildman–Crippen MR) is 138 cm³/mol. The Morgan fingerprint density at radius 1 is 1.00 bits per heavy atom. The van der Waals surface area contributed by atoms with E-state index in [1.54, 1.807) is 18.3 Å². The molecule has 1 fully saturated rings. The van der Waals surface area contributed by atoms with Gasteiger partial charge in [0.2, 0.25) is 5.91 Å². The number of aromatic nitrogens is 1. The van der Waals surface area contributed by atoms with E-state index in [1.165, 1.54) is 11.8 Å². The van der Waals surface area contributed by atoms with Gasteiger partial charge in [-0.3, -0.25) is 9.59 Å². The van der Waals surface area contributed by atoms with E-state index < -0.39 is 5.25 Å². The van der Waals surface area contributed by atoms with Gasteiger partial charge in [-0.1, -0.05) is 90.1 Å². The van der Waals surface area contributed by atoms with Crippen LogP contribution in [0, 0.1) is 6.92 Å². The molecule has 1 amide bonds. The van der Waals surface area contributed by atoms with Gasteiger partial charge in [0.1, 0.15) is 0 Å². The summed E-state index contributed by atoms with van der Waals surface area (Å²) in [6.07, 6.45) is 1.81. The quantitative estimate of drug-likeness (QED) is 0.229. The Labute approximate surface area is 201 Å². The Morgan fingerprint density at radius 2 is 1.74 bits per heavy atom. The number of nitrogens with one attached hydrogen (secondary N) is 2. The van der Waals surface area contributed by atoms with Crippen molar-refractivity contribution in [3.05, 3.63) is 95.6 Å². The van der Waals surface area contributed by atoms with Crippen LogP contribution in [0.25, 0.3) is 22.2 Å². The van der Waals surface area contributed by atoms with Crippen LogP contribution < -0.4 is 5.32 Å². The average Bonchev–Trinajstić information content (AvgIpc) is 3.40. The average molecular weight is 467 g/mol. The number of carbonyl (C=O) groups excluding carboxylic acids is 2. The zero-order chi connectivity index (χ0) is 23.5.